The Morgan fingerprint density at radius 3 is 2.24 bits per heavy atom. The fourth-order valence-corrected chi connectivity index (χ4v) is 4.17. The molecule has 0 aromatic heterocycles. The van der Waals surface area contributed by atoms with Gasteiger partial charge in [0.05, 0.1) is 12.8 Å². The summed E-state index contributed by atoms with van der Waals surface area (Å²) in [4.78, 5) is 39.4. The standard InChI is InChI=1S/C32H25FN2O6/c1-39-29-18-22(10-15-28(29)41-20-23-8-5-9-24(33)16-23)17-27-30(36)34-32(38)35(31(27)37)25-11-13-26(14-12-25)40-19-21-6-3-2-4-7-21/h2-18H,19-20H2,1H3,(H,34,36,38)/b27-17+. The van der Waals surface area contributed by atoms with Gasteiger partial charge in [0.2, 0.25) is 0 Å². The van der Waals surface area contributed by atoms with Gasteiger partial charge in [-0.2, -0.15) is 0 Å². The highest BCUT2D eigenvalue weighted by Gasteiger charge is 2.36. The maximum absolute atomic E-state index is 13.5. The fourth-order valence-electron chi connectivity index (χ4n) is 4.17. The van der Waals surface area contributed by atoms with Crippen molar-refractivity contribution in [3.8, 4) is 17.2 Å². The summed E-state index contributed by atoms with van der Waals surface area (Å²) in [5, 5.41) is 2.21. The van der Waals surface area contributed by atoms with Crippen molar-refractivity contribution >= 4 is 29.6 Å². The molecule has 5 rings (SSSR count). The third-order valence-corrected chi connectivity index (χ3v) is 6.23. The van der Waals surface area contributed by atoms with E-state index < -0.39 is 17.8 Å². The number of carbonyl (C=O) groups excluding carboxylic acids is 3. The Hall–Kier alpha value is -5.44. The number of nitrogens with one attached hydrogen (secondary N) is 1. The summed E-state index contributed by atoms with van der Waals surface area (Å²) in [6.45, 7) is 0.478. The number of ether oxygens (including phenoxy) is 3. The summed E-state index contributed by atoms with van der Waals surface area (Å²) in [5.74, 6) is -0.661. The summed E-state index contributed by atoms with van der Waals surface area (Å²) in [6, 6.07) is 26.1. The van der Waals surface area contributed by atoms with Crippen LogP contribution in [0.4, 0.5) is 14.9 Å². The van der Waals surface area contributed by atoms with Crippen LogP contribution in [0.3, 0.4) is 0 Å². The number of rotatable bonds is 9. The molecule has 4 amide bonds. The normalized spacial score (nSPS) is 14.1. The van der Waals surface area contributed by atoms with E-state index in [0.29, 0.717) is 35.0 Å². The third-order valence-electron chi connectivity index (χ3n) is 6.23. The topological polar surface area (TPSA) is 94.2 Å². The number of anilines is 1. The molecule has 0 radical (unpaired) electrons. The highest BCUT2D eigenvalue weighted by atomic mass is 19.1. The molecule has 0 spiro atoms. The molecule has 1 saturated heterocycles. The molecule has 9 heteroatoms. The summed E-state index contributed by atoms with van der Waals surface area (Å²) in [7, 11) is 1.45. The first-order valence-corrected chi connectivity index (χ1v) is 12.6. The molecule has 0 unspecified atom stereocenters. The second-order valence-electron chi connectivity index (χ2n) is 9.05. The molecule has 1 aliphatic rings. The van der Waals surface area contributed by atoms with Crippen molar-refractivity contribution in [1.29, 1.82) is 0 Å². The molecule has 1 fully saturated rings. The average Bonchev–Trinajstić information content (AvgIpc) is 2.98. The van der Waals surface area contributed by atoms with E-state index in [0.717, 1.165) is 10.5 Å². The van der Waals surface area contributed by atoms with E-state index in [2.05, 4.69) is 5.32 Å². The van der Waals surface area contributed by atoms with Crippen LogP contribution in [0.1, 0.15) is 16.7 Å². The van der Waals surface area contributed by atoms with Crippen LogP contribution in [0.15, 0.2) is 103 Å². The van der Waals surface area contributed by atoms with E-state index in [-0.39, 0.29) is 23.7 Å². The van der Waals surface area contributed by atoms with Gasteiger partial charge in [0.25, 0.3) is 11.8 Å². The van der Waals surface area contributed by atoms with Crippen LogP contribution in [0.2, 0.25) is 0 Å². The molecule has 0 saturated carbocycles. The van der Waals surface area contributed by atoms with Gasteiger partial charge in [-0.25, -0.2) is 14.1 Å². The summed E-state index contributed by atoms with van der Waals surface area (Å²) < 4.78 is 30.4. The zero-order chi connectivity index (χ0) is 28.8. The molecule has 206 valence electrons. The highest BCUT2D eigenvalue weighted by Crippen LogP contribution is 2.31. The molecule has 1 heterocycles. The van der Waals surface area contributed by atoms with E-state index >= 15 is 0 Å². The van der Waals surface area contributed by atoms with Crippen molar-refractivity contribution in [2.45, 2.75) is 13.2 Å². The minimum Gasteiger partial charge on any atom is -0.493 e. The lowest BCUT2D eigenvalue weighted by atomic mass is 10.1. The second kappa shape index (κ2) is 12.2. The van der Waals surface area contributed by atoms with E-state index in [1.807, 2.05) is 30.3 Å². The number of benzene rings is 4. The number of nitrogens with zero attached hydrogens (tertiary/aromatic N) is 1. The Labute approximate surface area is 235 Å². The minimum absolute atomic E-state index is 0.114. The van der Waals surface area contributed by atoms with Gasteiger partial charge < -0.3 is 14.2 Å². The number of amides is 4. The van der Waals surface area contributed by atoms with E-state index in [9.17, 15) is 18.8 Å². The largest absolute Gasteiger partial charge is 0.493 e. The Bertz CT molecular complexity index is 1620. The molecule has 0 bridgehead atoms. The number of methoxy groups -OCH3 is 1. The Morgan fingerprint density at radius 1 is 0.780 bits per heavy atom. The number of hydrogen-bond donors (Lipinski definition) is 1. The van der Waals surface area contributed by atoms with Crippen LogP contribution < -0.4 is 24.4 Å². The van der Waals surface area contributed by atoms with Crippen molar-refractivity contribution < 1.29 is 33.0 Å². The molecular formula is C32H25FN2O6. The summed E-state index contributed by atoms with van der Waals surface area (Å²) in [6.07, 6.45) is 1.37. The lowest BCUT2D eigenvalue weighted by Crippen LogP contribution is -2.54. The highest BCUT2D eigenvalue weighted by molar-refractivity contribution is 6.39. The van der Waals surface area contributed by atoms with Crippen molar-refractivity contribution in [3.05, 3.63) is 125 Å². The van der Waals surface area contributed by atoms with Crippen LogP contribution >= 0.6 is 0 Å². The van der Waals surface area contributed by atoms with Gasteiger partial charge in [0.1, 0.15) is 30.4 Å². The molecular weight excluding hydrogens is 527 g/mol. The Morgan fingerprint density at radius 2 is 1.51 bits per heavy atom. The third kappa shape index (κ3) is 6.42. The molecule has 41 heavy (non-hydrogen) atoms. The zero-order valence-electron chi connectivity index (χ0n) is 22.0. The van der Waals surface area contributed by atoms with Crippen LogP contribution in [0.25, 0.3) is 6.08 Å². The maximum atomic E-state index is 13.5. The molecule has 1 N–H and O–H groups in total. The van der Waals surface area contributed by atoms with Gasteiger partial charge in [0, 0.05) is 0 Å². The van der Waals surface area contributed by atoms with Crippen LogP contribution in [0, 0.1) is 5.82 Å². The van der Waals surface area contributed by atoms with Gasteiger partial charge in [-0.3, -0.25) is 14.9 Å². The molecule has 1 aliphatic heterocycles. The zero-order valence-corrected chi connectivity index (χ0v) is 22.0. The van der Waals surface area contributed by atoms with Crippen LogP contribution in [-0.2, 0) is 22.8 Å². The number of urea groups is 1. The number of barbiturate groups is 1. The SMILES string of the molecule is COc1cc(/C=C2\C(=O)NC(=O)N(c3ccc(OCc4ccccc4)cc3)C2=O)ccc1OCc1cccc(F)c1. The predicted molar refractivity (Wildman–Crippen MR) is 150 cm³/mol. The number of imide groups is 2. The monoisotopic (exact) mass is 552 g/mol. The van der Waals surface area contributed by atoms with Gasteiger partial charge in [-0.05, 0) is 71.3 Å². The van der Waals surface area contributed by atoms with E-state index in [4.69, 9.17) is 14.2 Å². The van der Waals surface area contributed by atoms with Crippen LogP contribution in [-0.4, -0.2) is 25.0 Å². The van der Waals surface area contributed by atoms with Crippen molar-refractivity contribution in [2.75, 3.05) is 12.0 Å². The van der Waals surface area contributed by atoms with Crippen molar-refractivity contribution in [2.24, 2.45) is 0 Å². The van der Waals surface area contributed by atoms with E-state index in [1.165, 1.54) is 25.3 Å². The molecule has 4 aromatic carbocycles. The smallest absolute Gasteiger partial charge is 0.335 e. The molecule has 0 atom stereocenters. The van der Waals surface area contributed by atoms with Gasteiger partial charge in [-0.15, -0.1) is 0 Å². The first-order chi connectivity index (χ1) is 19.9. The summed E-state index contributed by atoms with van der Waals surface area (Å²) >= 11 is 0. The molecule has 8 nitrogen and oxygen atoms in total. The second-order valence-corrected chi connectivity index (χ2v) is 9.05. The van der Waals surface area contributed by atoms with Crippen molar-refractivity contribution in [1.82, 2.24) is 5.32 Å². The Kier molecular flexibility index (Phi) is 8.05. The number of halogens is 1. The predicted octanol–water partition coefficient (Wildman–Crippen LogP) is 5.66. The van der Waals surface area contributed by atoms with Gasteiger partial charge in [0.15, 0.2) is 11.5 Å². The maximum Gasteiger partial charge on any atom is 0.335 e. The first-order valence-electron chi connectivity index (χ1n) is 12.6. The van der Waals surface area contributed by atoms with Crippen molar-refractivity contribution in [3.63, 3.8) is 0 Å². The fraction of sp³-hybridized carbons (Fsp3) is 0.0938. The van der Waals surface area contributed by atoms with Gasteiger partial charge >= 0.3 is 6.03 Å². The number of hydrogen-bond acceptors (Lipinski definition) is 6. The minimum atomic E-state index is -0.853. The lowest BCUT2D eigenvalue weighted by Gasteiger charge is -2.26. The van der Waals surface area contributed by atoms with Gasteiger partial charge in [-0.1, -0.05) is 48.5 Å². The summed E-state index contributed by atoms with van der Waals surface area (Å²) in [5.41, 5.74) is 2.15. The molecule has 4 aromatic rings. The lowest BCUT2D eigenvalue weighted by molar-refractivity contribution is -0.122. The molecule has 0 aliphatic carbocycles. The Balaban J connectivity index is 1.32. The quantitative estimate of drug-likeness (QED) is 0.213. The number of carbonyl (C=O) groups is 3. The van der Waals surface area contributed by atoms with Crippen LogP contribution in [0.5, 0.6) is 17.2 Å². The average molecular weight is 553 g/mol. The first kappa shape index (κ1) is 27.1. The van der Waals surface area contributed by atoms with E-state index in [1.54, 1.807) is 54.6 Å².